The normalized spacial score (nSPS) is 10.9. The summed E-state index contributed by atoms with van der Waals surface area (Å²) in [4.78, 5) is 5.05. The summed E-state index contributed by atoms with van der Waals surface area (Å²) in [5, 5.41) is 24.3. The van der Waals surface area contributed by atoms with Gasteiger partial charge >= 0.3 is 0 Å². The van der Waals surface area contributed by atoms with Crippen molar-refractivity contribution in [3.8, 4) is 16.5 Å². The first-order valence-corrected chi connectivity index (χ1v) is 7.61. The topological polar surface area (TPSA) is 88.6 Å². The first kappa shape index (κ1) is 15.6. The summed E-state index contributed by atoms with van der Waals surface area (Å²) in [6, 6.07) is 6.04. The van der Waals surface area contributed by atoms with Crippen LogP contribution in [-0.2, 0) is 19.8 Å². The van der Waals surface area contributed by atoms with E-state index in [1.54, 1.807) is 0 Å². The number of aromatic nitrogens is 2. The van der Waals surface area contributed by atoms with E-state index in [2.05, 4.69) is 10.1 Å². The quantitative estimate of drug-likeness (QED) is 0.719. The SMILES string of the molecule is OCc1cc(F)cc(CO)c1OCc1noc(-c2cccs2)n1. The largest absolute Gasteiger partial charge is 0.485 e. The molecule has 23 heavy (non-hydrogen) atoms. The molecule has 0 aliphatic rings. The highest BCUT2D eigenvalue weighted by molar-refractivity contribution is 7.13. The van der Waals surface area contributed by atoms with Gasteiger partial charge in [-0.05, 0) is 23.6 Å². The van der Waals surface area contributed by atoms with Crippen LogP contribution in [0.25, 0.3) is 10.8 Å². The summed E-state index contributed by atoms with van der Waals surface area (Å²) < 4.78 is 24.1. The van der Waals surface area contributed by atoms with Gasteiger partial charge in [0.15, 0.2) is 6.61 Å². The minimum absolute atomic E-state index is 0.0273. The highest BCUT2D eigenvalue weighted by Crippen LogP contribution is 2.27. The van der Waals surface area contributed by atoms with Crippen molar-refractivity contribution in [1.82, 2.24) is 10.1 Å². The van der Waals surface area contributed by atoms with E-state index >= 15 is 0 Å². The average Bonchev–Trinajstić information content (AvgIpc) is 3.23. The Morgan fingerprint density at radius 3 is 2.57 bits per heavy atom. The van der Waals surface area contributed by atoms with E-state index in [0.29, 0.717) is 11.7 Å². The molecule has 0 aliphatic carbocycles. The number of hydrogen-bond donors (Lipinski definition) is 2. The van der Waals surface area contributed by atoms with Gasteiger partial charge in [-0.1, -0.05) is 11.2 Å². The molecule has 0 atom stereocenters. The van der Waals surface area contributed by atoms with Gasteiger partial charge in [0.2, 0.25) is 5.82 Å². The molecular formula is C15H13FN2O4S. The molecule has 3 aromatic rings. The molecule has 3 rings (SSSR count). The van der Waals surface area contributed by atoms with E-state index in [1.165, 1.54) is 11.3 Å². The van der Waals surface area contributed by atoms with Gasteiger partial charge in [-0.2, -0.15) is 4.98 Å². The fraction of sp³-hybridized carbons (Fsp3) is 0.200. The van der Waals surface area contributed by atoms with Gasteiger partial charge in [-0.15, -0.1) is 11.3 Å². The van der Waals surface area contributed by atoms with Crippen molar-refractivity contribution < 1.29 is 23.9 Å². The molecule has 0 saturated carbocycles. The van der Waals surface area contributed by atoms with E-state index in [9.17, 15) is 14.6 Å². The third-order valence-electron chi connectivity index (χ3n) is 3.09. The van der Waals surface area contributed by atoms with Crippen LogP contribution in [0.3, 0.4) is 0 Å². The Kier molecular flexibility index (Phi) is 4.65. The highest BCUT2D eigenvalue weighted by Gasteiger charge is 2.15. The molecule has 2 heterocycles. The number of ether oxygens (including phenoxy) is 1. The van der Waals surface area contributed by atoms with Gasteiger partial charge in [0.25, 0.3) is 5.89 Å². The summed E-state index contributed by atoms with van der Waals surface area (Å²) in [5.74, 6) is 0.372. The van der Waals surface area contributed by atoms with Gasteiger partial charge in [0, 0.05) is 11.1 Å². The molecule has 0 bridgehead atoms. The predicted octanol–water partition coefficient (Wildman–Crippen LogP) is 2.50. The van der Waals surface area contributed by atoms with Crippen LogP contribution in [-0.4, -0.2) is 20.4 Å². The lowest BCUT2D eigenvalue weighted by Gasteiger charge is -2.13. The minimum Gasteiger partial charge on any atom is -0.485 e. The fourth-order valence-electron chi connectivity index (χ4n) is 2.08. The standard InChI is InChI=1S/C15H13FN2O4S/c16-11-4-9(6-19)14(10(5-11)7-20)21-8-13-17-15(22-18-13)12-2-1-3-23-12/h1-5,19-20H,6-8H2. The van der Waals surface area contributed by atoms with Gasteiger partial charge in [0.05, 0.1) is 18.1 Å². The summed E-state index contributed by atoms with van der Waals surface area (Å²) in [6.07, 6.45) is 0. The van der Waals surface area contributed by atoms with E-state index in [-0.39, 0.29) is 23.5 Å². The molecule has 1 aromatic carbocycles. The number of aliphatic hydroxyl groups is 2. The average molecular weight is 336 g/mol. The van der Waals surface area contributed by atoms with Crippen molar-refractivity contribution in [2.75, 3.05) is 0 Å². The zero-order valence-electron chi connectivity index (χ0n) is 11.9. The highest BCUT2D eigenvalue weighted by atomic mass is 32.1. The second-order valence-corrected chi connectivity index (χ2v) is 5.60. The number of halogens is 1. The third kappa shape index (κ3) is 3.39. The minimum atomic E-state index is -0.551. The predicted molar refractivity (Wildman–Crippen MR) is 80.2 cm³/mol. The van der Waals surface area contributed by atoms with Crippen molar-refractivity contribution in [3.63, 3.8) is 0 Å². The van der Waals surface area contributed by atoms with Crippen molar-refractivity contribution >= 4 is 11.3 Å². The second kappa shape index (κ2) is 6.86. The van der Waals surface area contributed by atoms with E-state index in [4.69, 9.17) is 9.26 Å². The molecule has 0 radical (unpaired) electrons. The number of benzene rings is 1. The van der Waals surface area contributed by atoms with Crippen LogP contribution in [0.1, 0.15) is 17.0 Å². The smallest absolute Gasteiger partial charge is 0.268 e. The Hall–Kier alpha value is -2.29. The lowest BCUT2D eigenvalue weighted by Crippen LogP contribution is -2.04. The summed E-state index contributed by atoms with van der Waals surface area (Å²) in [5.41, 5.74) is 0.493. The van der Waals surface area contributed by atoms with E-state index < -0.39 is 19.0 Å². The summed E-state index contributed by atoms with van der Waals surface area (Å²) >= 11 is 1.47. The third-order valence-corrected chi connectivity index (χ3v) is 3.95. The Balaban J connectivity index is 1.78. The number of nitrogens with zero attached hydrogens (tertiary/aromatic N) is 2. The Labute approximate surface area is 134 Å². The van der Waals surface area contributed by atoms with Crippen LogP contribution in [0.2, 0.25) is 0 Å². The number of thiophene rings is 1. The Bertz CT molecular complexity index is 764. The molecule has 2 N–H and O–H groups in total. The fourth-order valence-corrected chi connectivity index (χ4v) is 2.73. The van der Waals surface area contributed by atoms with Crippen molar-refractivity contribution in [1.29, 1.82) is 0 Å². The van der Waals surface area contributed by atoms with Gasteiger partial charge in [-0.3, -0.25) is 0 Å². The van der Waals surface area contributed by atoms with Gasteiger partial charge in [0.1, 0.15) is 11.6 Å². The zero-order chi connectivity index (χ0) is 16.2. The van der Waals surface area contributed by atoms with Crippen LogP contribution in [0, 0.1) is 5.82 Å². The molecule has 0 aliphatic heterocycles. The number of rotatable bonds is 6. The monoisotopic (exact) mass is 336 g/mol. The maximum absolute atomic E-state index is 13.4. The second-order valence-electron chi connectivity index (χ2n) is 4.65. The van der Waals surface area contributed by atoms with Gasteiger partial charge < -0.3 is 19.5 Å². The molecule has 0 unspecified atom stereocenters. The molecule has 0 saturated heterocycles. The van der Waals surface area contributed by atoms with Crippen LogP contribution in [0.4, 0.5) is 4.39 Å². The van der Waals surface area contributed by atoms with Gasteiger partial charge in [-0.25, -0.2) is 4.39 Å². The van der Waals surface area contributed by atoms with Crippen LogP contribution < -0.4 is 4.74 Å². The molecule has 120 valence electrons. The van der Waals surface area contributed by atoms with E-state index in [1.807, 2.05) is 17.5 Å². The van der Waals surface area contributed by atoms with Crippen LogP contribution in [0.15, 0.2) is 34.2 Å². The van der Waals surface area contributed by atoms with E-state index in [0.717, 1.165) is 17.0 Å². The molecule has 0 fully saturated rings. The molecule has 6 nitrogen and oxygen atoms in total. The lowest BCUT2D eigenvalue weighted by atomic mass is 10.1. The molecule has 0 spiro atoms. The molecular weight excluding hydrogens is 323 g/mol. The summed E-state index contributed by atoms with van der Waals surface area (Å²) in [6.45, 7) is -0.847. The van der Waals surface area contributed by atoms with Crippen molar-refractivity contribution in [2.24, 2.45) is 0 Å². The lowest BCUT2D eigenvalue weighted by molar-refractivity contribution is 0.236. The molecule has 2 aromatic heterocycles. The van der Waals surface area contributed by atoms with Crippen molar-refractivity contribution in [2.45, 2.75) is 19.8 Å². The van der Waals surface area contributed by atoms with Crippen LogP contribution >= 0.6 is 11.3 Å². The maximum Gasteiger partial charge on any atom is 0.268 e. The first-order valence-electron chi connectivity index (χ1n) is 6.73. The number of aliphatic hydroxyl groups excluding tert-OH is 2. The molecule has 8 heteroatoms. The Morgan fingerprint density at radius 1 is 1.22 bits per heavy atom. The Morgan fingerprint density at radius 2 is 1.96 bits per heavy atom. The number of hydrogen-bond acceptors (Lipinski definition) is 7. The molecule has 0 amide bonds. The first-order chi connectivity index (χ1) is 11.2. The zero-order valence-corrected chi connectivity index (χ0v) is 12.7. The van der Waals surface area contributed by atoms with Crippen LogP contribution in [0.5, 0.6) is 5.75 Å². The maximum atomic E-state index is 13.4. The van der Waals surface area contributed by atoms with Crippen molar-refractivity contribution in [3.05, 3.63) is 52.4 Å². The summed E-state index contributed by atoms with van der Waals surface area (Å²) in [7, 11) is 0.